The van der Waals surface area contributed by atoms with Gasteiger partial charge in [0.25, 0.3) is 20.0 Å². The Balaban J connectivity index is 1.82. The number of rotatable bonds is 6. The van der Waals surface area contributed by atoms with Crippen molar-refractivity contribution < 1.29 is 16.8 Å². The highest BCUT2D eigenvalue weighted by Gasteiger charge is 2.17. The second-order valence-electron chi connectivity index (χ2n) is 5.87. The predicted octanol–water partition coefficient (Wildman–Crippen LogP) is 3.60. The SMILES string of the molecule is Cc1cc(NS(=O)(=O)c2ccccc2)ccc1NS(=O)(=O)c1ccccc1. The Kier molecular flexibility index (Phi) is 5.20. The zero-order valence-corrected chi connectivity index (χ0v) is 16.1. The van der Waals surface area contributed by atoms with Crippen molar-refractivity contribution in [1.29, 1.82) is 0 Å². The minimum absolute atomic E-state index is 0.150. The van der Waals surface area contributed by atoms with Crippen LogP contribution in [0.4, 0.5) is 11.4 Å². The van der Waals surface area contributed by atoms with E-state index in [0.29, 0.717) is 16.9 Å². The van der Waals surface area contributed by atoms with Crippen molar-refractivity contribution in [3.63, 3.8) is 0 Å². The number of hydrogen-bond acceptors (Lipinski definition) is 4. The molecule has 8 heteroatoms. The van der Waals surface area contributed by atoms with E-state index in [2.05, 4.69) is 9.44 Å². The van der Waals surface area contributed by atoms with Gasteiger partial charge < -0.3 is 0 Å². The average Bonchev–Trinajstić information content (AvgIpc) is 2.65. The molecule has 0 spiro atoms. The van der Waals surface area contributed by atoms with Crippen LogP contribution in [0.2, 0.25) is 0 Å². The van der Waals surface area contributed by atoms with Gasteiger partial charge in [0, 0.05) is 5.69 Å². The van der Waals surface area contributed by atoms with Crippen LogP contribution in [0.25, 0.3) is 0 Å². The summed E-state index contributed by atoms with van der Waals surface area (Å²) in [5.74, 6) is 0. The molecule has 0 aliphatic heterocycles. The third kappa shape index (κ3) is 4.47. The van der Waals surface area contributed by atoms with Crippen molar-refractivity contribution in [2.75, 3.05) is 9.44 Å². The molecular weight excluding hydrogens is 384 g/mol. The third-order valence-corrected chi connectivity index (χ3v) is 6.61. The van der Waals surface area contributed by atoms with Gasteiger partial charge in [-0.05, 0) is 55.0 Å². The fraction of sp³-hybridized carbons (Fsp3) is 0.0526. The highest BCUT2D eigenvalue weighted by atomic mass is 32.2. The van der Waals surface area contributed by atoms with E-state index in [1.807, 2.05) is 0 Å². The standard InChI is InChI=1S/C19H18N2O4S2/c1-15-14-16(20-26(22,23)17-8-4-2-5-9-17)12-13-19(15)21-27(24,25)18-10-6-3-7-11-18/h2-14,20-21H,1H3. The fourth-order valence-electron chi connectivity index (χ4n) is 2.46. The van der Waals surface area contributed by atoms with E-state index in [1.54, 1.807) is 49.4 Å². The largest absolute Gasteiger partial charge is 0.280 e. The van der Waals surface area contributed by atoms with Gasteiger partial charge >= 0.3 is 0 Å². The third-order valence-electron chi connectivity index (χ3n) is 3.83. The van der Waals surface area contributed by atoms with Crippen molar-refractivity contribution >= 4 is 31.4 Å². The van der Waals surface area contributed by atoms with Crippen LogP contribution in [0.1, 0.15) is 5.56 Å². The maximum Gasteiger partial charge on any atom is 0.261 e. The molecule has 0 aliphatic carbocycles. The lowest BCUT2D eigenvalue weighted by Crippen LogP contribution is -2.15. The van der Waals surface area contributed by atoms with E-state index >= 15 is 0 Å². The molecule has 0 amide bonds. The van der Waals surface area contributed by atoms with Gasteiger partial charge in [-0.25, -0.2) is 16.8 Å². The van der Waals surface area contributed by atoms with Crippen molar-refractivity contribution in [2.24, 2.45) is 0 Å². The molecule has 3 aromatic rings. The molecule has 0 saturated carbocycles. The smallest absolute Gasteiger partial charge is 0.261 e. The van der Waals surface area contributed by atoms with Gasteiger partial charge in [-0.2, -0.15) is 0 Å². The number of anilines is 2. The molecule has 6 nitrogen and oxygen atoms in total. The Hall–Kier alpha value is -2.84. The van der Waals surface area contributed by atoms with E-state index in [1.165, 1.54) is 36.4 Å². The van der Waals surface area contributed by atoms with Crippen molar-refractivity contribution in [2.45, 2.75) is 16.7 Å². The molecule has 3 rings (SSSR count). The number of hydrogen-bond donors (Lipinski definition) is 2. The van der Waals surface area contributed by atoms with Crippen LogP contribution >= 0.6 is 0 Å². The van der Waals surface area contributed by atoms with Gasteiger partial charge in [-0.3, -0.25) is 9.44 Å². The molecule has 0 heterocycles. The summed E-state index contributed by atoms with van der Waals surface area (Å²) in [5, 5.41) is 0. The predicted molar refractivity (Wildman–Crippen MR) is 106 cm³/mol. The van der Waals surface area contributed by atoms with E-state index < -0.39 is 20.0 Å². The van der Waals surface area contributed by atoms with E-state index in [9.17, 15) is 16.8 Å². The number of nitrogens with one attached hydrogen (secondary N) is 2. The van der Waals surface area contributed by atoms with E-state index in [0.717, 1.165) is 0 Å². The van der Waals surface area contributed by atoms with Gasteiger partial charge in [0.05, 0.1) is 15.5 Å². The first-order chi connectivity index (χ1) is 12.8. The lowest BCUT2D eigenvalue weighted by atomic mass is 10.2. The summed E-state index contributed by atoms with van der Waals surface area (Å²) < 4.78 is 54.6. The van der Waals surface area contributed by atoms with E-state index in [-0.39, 0.29) is 9.79 Å². The van der Waals surface area contributed by atoms with Crippen molar-refractivity contribution in [3.05, 3.63) is 84.4 Å². The lowest BCUT2D eigenvalue weighted by Gasteiger charge is -2.13. The molecular formula is C19H18N2O4S2. The molecule has 0 aliphatic rings. The van der Waals surface area contributed by atoms with Crippen LogP contribution < -0.4 is 9.44 Å². The Labute approximate surface area is 159 Å². The van der Waals surface area contributed by atoms with Crippen molar-refractivity contribution in [1.82, 2.24) is 0 Å². The topological polar surface area (TPSA) is 92.3 Å². The quantitative estimate of drug-likeness (QED) is 0.659. The summed E-state index contributed by atoms with van der Waals surface area (Å²) in [5.41, 5.74) is 1.31. The van der Waals surface area contributed by atoms with Crippen LogP contribution in [-0.2, 0) is 20.0 Å². The minimum Gasteiger partial charge on any atom is -0.280 e. The Bertz CT molecular complexity index is 1140. The molecule has 0 aromatic heterocycles. The molecule has 0 fully saturated rings. The second kappa shape index (κ2) is 7.42. The monoisotopic (exact) mass is 402 g/mol. The maximum atomic E-state index is 12.4. The van der Waals surface area contributed by atoms with Crippen LogP contribution in [0, 0.1) is 6.92 Å². The Morgan fingerprint density at radius 3 is 1.59 bits per heavy atom. The summed E-state index contributed by atoms with van der Waals surface area (Å²) in [6.07, 6.45) is 0. The summed E-state index contributed by atoms with van der Waals surface area (Å²) in [6, 6.07) is 20.6. The molecule has 27 heavy (non-hydrogen) atoms. The molecule has 3 aromatic carbocycles. The van der Waals surface area contributed by atoms with Gasteiger partial charge in [-0.1, -0.05) is 36.4 Å². The summed E-state index contributed by atoms with van der Waals surface area (Å²) in [4.78, 5) is 0.301. The molecule has 0 bridgehead atoms. The zero-order chi connectivity index (χ0) is 19.5. The summed E-state index contributed by atoms with van der Waals surface area (Å²) in [7, 11) is -7.43. The van der Waals surface area contributed by atoms with Gasteiger partial charge in [0.15, 0.2) is 0 Å². The number of aryl methyl sites for hydroxylation is 1. The minimum atomic E-state index is -3.72. The van der Waals surface area contributed by atoms with Crippen molar-refractivity contribution in [3.8, 4) is 0 Å². The highest BCUT2D eigenvalue weighted by molar-refractivity contribution is 7.93. The highest BCUT2D eigenvalue weighted by Crippen LogP contribution is 2.24. The zero-order valence-electron chi connectivity index (χ0n) is 14.5. The van der Waals surface area contributed by atoms with Gasteiger partial charge in [0.1, 0.15) is 0 Å². The first-order valence-electron chi connectivity index (χ1n) is 8.04. The van der Waals surface area contributed by atoms with Crippen LogP contribution in [-0.4, -0.2) is 16.8 Å². The van der Waals surface area contributed by atoms with Crippen LogP contribution in [0.15, 0.2) is 88.7 Å². The first kappa shape index (κ1) is 18.9. The normalized spacial score (nSPS) is 11.7. The van der Waals surface area contributed by atoms with Crippen LogP contribution in [0.3, 0.4) is 0 Å². The molecule has 140 valence electrons. The molecule has 0 saturated heterocycles. The molecule has 0 atom stereocenters. The molecule has 0 unspecified atom stereocenters. The fourth-order valence-corrected chi connectivity index (χ4v) is 4.68. The number of sulfonamides is 2. The Morgan fingerprint density at radius 2 is 1.11 bits per heavy atom. The lowest BCUT2D eigenvalue weighted by molar-refractivity contribution is 0.599. The molecule has 0 radical (unpaired) electrons. The van der Waals surface area contributed by atoms with Gasteiger partial charge in [-0.15, -0.1) is 0 Å². The average molecular weight is 402 g/mol. The van der Waals surface area contributed by atoms with E-state index in [4.69, 9.17) is 0 Å². The summed E-state index contributed by atoms with van der Waals surface area (Å²) >= 11 is 0. The molecule has 2 N–H and O–H groups in total. The van der Waals surface area contributed by atoms with Gasteiger partial charge in [0.2, 0.25) is 0 Å². The Morgan fingerprint density at radius 1 is 0.630 bits per heavy atom. The first-order valence-corrected chi connectivity index (χ1v) is 11.0. The van der Waals surface area contributed by atoms with Crippen LogP contribution in [0.5, 0.6) is 0 Å². The maximum absolute atomic E-state index is 12.4. The number of benzene rings is 3. The summed E-state index contributed by atoms with van der Waals surface area (Å²) in [6.45, 7) is 1.70. The second-order valence-corrected chi connectivity index (χ2v) is 9.23.